The Morgan fingerprint density at radius 1 is 0.586 bits per heavy atom. The van der Waals surface area contributed by atoms with Crippen molar-refractivity contribution in [1.82, 2.24) is 19.8 Å². The van der Waals surface area contributed by atoms with Crippen LogP contribution < -0.4 is 0 Å². The summed E-state index contributed by atoms with van der Waals surface area (Å²) < 4.78 is 0. The maximum atomic E-state index is 4.63. The summed E-state index contributed by atoms with van der Waals surface area (Å²) in [5.74, 6) is 0. The summed E-state index contributed by atoms with van der Waals surface area (Å²) in [6, 6.07) is 21.4. The van der Waals surface area contributed by atoms with Gasteiger partial charge in [-0.1, -0.05) is 48.5 Å². The van der Waals surface area contributed by atoms with Crippen molar-refractivity contribution in [3.05, 3.63) is 84.2 Å². The molecule has 0 atom stereocenters. The van der Waals surface area contributed by atoms with Gasteiger partial charge in [0, 0.05) is 49.3 Å². The lowest BCUT2D eigenvalue weighted by molar-refractivity contribution is 0.248. The van der Waals surface area contributed by atoms with Crippen LogP contribution in [0.3, 0.4) is 0 Å². The molecule has 4 aromatic rings. The number of benzene rings is 2. The first-order chi connectivity index (χ1) is 14.4. The predicted octanol–water partition coefficient (Wildman–Crippen LogP) is 4.49. The Kier molecular flexibility index (Phi) is 5.20. The zero-order valence-electron chi connectivity index (χ0n) is 16.7. The van der Waals surface area contributed by atoms with Crippen molar-refractivity contribution in [2.24, 2.45) is 0 Å². The molecule has 29 heavy (non-hydrogen) atoms. The van der Waals surface area contributed by atoms with Crippen molar-refractivity contribution in [1.29, 1.82) is 0 Å². The van der Waals surface area contributed by atoms with Gasteiger partial charge in [0.05, 0.1) is 11.0 Å². The lowest BCUT2D eigenvalue weighted by atomic mass is 10.1. The highest BCUT2D eigenvalue weighted by molar-refractivity contribution is 5.82. The van der Waals surface area contributed by atoms with E-state index in [4.69, 9.17) is 0 Å². The van der Waals surface area contributed by atoms with Crippen LogP contribution in [0.25, 0.3) is 21.8 Å². The monoisotopic (exact) mass is 382 g/mol. The first-order valence-corrected chi connectivity index (χ1v) is 10.5. The van der Waals surface area contributed by atoms with Gasteiger partial charge in [-0.25, -0.2) is 0 Å². The third-order valence-electron chi connectivity index (χ3n) is 5.90. The van der Waals surface area contributed by atoms with E-state index in [9.17, 15) is 0 Å². The Morgan fingerprint density at radius 2 is 1.07 bits per heavy atom. The normalized spacial score (nSPS) is 16.3. The van der Waals surface area contributed by atoms with Gasteiger partial charge in [0.2, 0.25) is 0 Å². The summed E-state index contributed by atoms with van der Waals surface area (Å²) in [4.78, 5) is 14.4. The molecule has 1 aliphatic heterocycles. The molecule has 0 aliphatic carbocycles. The molecule has 3 heterocycles. The first-order valence-electron chi connectivity index (χ1n) is 10.5. The molecule has 0 bridgehead atoms. The van der Waals surface area contributed by atoms with Gasteiger partial charge < -0.3 is 0 Å². The largest absolute Gasteiger partial charge is 0.298 e. The minimum Gasteiger partial charge on any atom is -0.298 e. The van der Waals surface area contributed by atoms with Crippen molar-refractivity contribution >= 4 is 21.8 Å². The summed E-state index contributed by atoms with van der Waals surface area (Å²) in [5.41, 5.74) is 4.93. The first kappa shape index (κ1) is 18.2. The van der Waals surface area contributed by atoms with E-state index < -0.39 is 0 Å². The van der Waals surface area contributed by atoms with Crippen molar-refractivity contribution < 1.29 is 0 Å². The van der Waals surface area contributed by atoms with Crippen LogP contribution in [0.5, 0.6) is 0 Å². The SMILES string of the molecule is c1cnc2c(CN3CCCN(Cc4cccc5cccnc45)CC3)cccc2c1. The fourth-order valence-corrected chi connectivity index (χ4v) is 4.41. The topological polar surface area (TPSA) is 32.3 Å². The molecule has 1 saturated heterocycles. The average Bonchev–Trinajstić information content (AvgIpc) is 2.99. The molecule has 2 aromatic carbocycles. The third-order valence-corrected chi connectivity index (χ3v) is 5.90. The van der Waals surface area contributed by atoms with Crippen LogP contribution in [0, 0.1) is 0 Å². The summed E-state index contributed by atoms with van der Waals surface area (Å²) in [6.07, 6.45) is 4.98. The second kappa shape index (κ2) is 8.27. The molecule has 2 aromatic heterocycles. The second-order valence-corrected chi connectivity index (χ2v) is 7.89. The van der Waals surface area contributed by atoms with Crippen LogP contribution in [-0.2, 0) is 13.1 Å². The Labute approximate surface area is 171 Å². The van der Waals surface area contributed by atoms with Crippen molar-refractivity contribution in [3.63, 3.8) is 0 Å². The maximum absolute atomic E-state index is 4.63. The fraction of sp³-hybridized carbons (Fsp3) is 0.280. The number of para-hydroxylation sites is 2. The molecule has 1 fully saturated rings. The van der Waals surface area contributed by atoms with E-state index >= 15 is 0 Å². The quantitative estimate of drug-likeness (QED) is 0.521. The van der Waals surface area contributed by atoms with E-state index in [1.54, 1.807) is 0 Å². The Balaban J connectivity index is 1.28. The predicted molar refractivity (Wildman–Crippen MR) is 119 cm³/mol. The number of rotatable bonds is 4. The van der Waals surface area contributed by atoms with Gasteiger partial charge in [-0.2, -0.15) is 0 Å². The molecule has 0 saturated carbocycles. The van der Waals surface area contributed by atoms with Crippen molar-refractivity contribution in [3.8, 4) is 0 Å². The van der Waals surface area contributed by atoms with Gasteiger partial charge in [0.1, 0.15) is 0 Å². The molecule has 1 aliphatic rings. The van der Waals surface area contributed by atoms with E-state index in [0.717, 1.165) is 50.3 Å². The molecule has 5 rings (SSSR count). The minimum absolute atomic E-state index is 0.970. The second-order valence-electron chi connectivity index (χ2n) is 7.89. The Morgan fingerprint density at radius 3 is 1.59 bits per heavy atom. The summed E-state index contributed by atoms with van der Waals surface area (Å²) in [6.45, 7) is 6.37. The van der Waals surface area contributed by atoms with Crippen LogP contribution >= 0.6 is 0 Å². The van der Waals surface area contributed by atoms with Crippen molar-refractivity contribution in [2.75, 3.05) is 26.2 Å². The molecule has 0 amide bonds. The van der Waals surface area contributed by atoms with Gasteiger partial charge in [-0.15, -0.1) is 0 Å². The lowest BCUT2D eigenvalue weighted by Gasteiger charge is -2.22. The number of nitrogens with zero attached hydrogens (tertiary/aromatic N) is 4. The van der Waals surface area contributed by atoms with Crippen LogP contribution in [-0.4, -0.2) is 45.9 Å². The summed E-state index contributed by atoms with van der Waals surface area (Å²) in [7, 11) is 0. The highest BCUT2D eigenvalue weighted by atomic mass is 15.2. The molecule has 146 valence electrons. The van der Waals surface area contributed by atoms with E-state index in [1.807, 2.05) is 24.5 Å². The van der Waals surface area contributed by atoms with Crippen LogP contribution in [0.2, 0.25) is 0 Å². The van der Waals surface area contributed by atoms with Crippen LogP contribution in [0.4, 0.5) is 0 Å². The number of hydrogen-bond donors (Lipinski definition) is 0. The Hall–Kier alpha value is -2.82. The highest BCUT2D eigenvalue weighted by Crippen LogP contribution is 2.21. The van der Waals surface area contributed by atoms with E-state index in [1.165, 1.54) is 28.3 Å². The number of pyridine rings is 2. The minimum atomic E-state index is 0.970. The maximum Gasteiger partial charge on any atom is 0.0746 e. The average molecular weight is 383 g/mol. The van der Waals surface area contributed by atoms with Gasteiger partial charge >= 0.3 is 0 Å². The molecule has 0 N–H and O–H groups in total. The summed E-state index contributed by atoms with van der Waals surface area (Å²) in [5, 5.41) is 2.45. The molecule has 4 heteroatoms. The smallest absolute Gasteiger partial charge is 0.0746 e. The number of aromatic nitrogens is 2. The van der Waals surface area contributed by atoms with Gasteiger partial charge in [-0.3, -0.25) is 19.8 Å². The van der Waals surface area contributed by atoms with Crippen LogP contribution in [0.15, 0.2) is 73.1 Å². The zero-order valence-corrected chi connectivity index (χ0v) is 16.7. The van der Waals surface area contributed by atoms with E-state index in [2.05, 4.69) is 68.3 Å². The third kappa shape index (κ3) is 4.00. The molecule has 0 radical (unpaired) electrons. The molecule has 0 unspecified atom stereocenters. The molecule has 0 spiro atoms. The lowest BCUT2D eigenvalue weighted by Crippen LogP contribution is -2.30. The number of fused-ring (bicyclic) bond motifs is 2. The van der Waals surface area contributed by atoms with Gasteiger partial charge in [0.25, 0.3) is 0 Å². The van der Waals surface area contributed by atoms with E-state index in [0.29, 0.717) is 0 Å². The van der Waals surface area contributed by atoms with Crippen LogP contribution in [0.1, 0.15) is 17.5 Å². The van der Waals surface area contributed by atoms with Crippen molar-refractivity contribution in [2.45, 2.75) is 19.5 Å². The number of hydrogen-bond acceptors (Lipinski definition) is 4. The molecular weight excluding hydrogens is 356 g/mol. The standard InChI is InChI=1S/C25H26N4/c1-6-20-10-3-12-26-24(20)22(8-1)18-28-14-5-15-29(17-16-28)19-23-9-2-7-21-11-4-13-27-25(21)23/h1-4,6-13H,5,14-19H2. The summed E-state index contributed by atoms with van der Waals surface area (Å²) >= 11 is 0. The Bertz CT molecular complexity index is 1020. The fourth-order valence-electron chi connectivity index (χ4n) is 4.41. The van der Waals surface area contributed by atoms with Gasteiger partial charge in [0.15, 0.2) is 0 Å². The molecular formula is C25H26N4. The zero-order chi connectivity index (χ0) is 19.5. The molecule has 4 nitrogen and oxygen atoms in total. The van der Waals surface area contributed by atoms with Gasteiger partial charge in [-0.05, 0) is 42.8 Å². The highest BCUT2D eigenvalue weighted by Gasteiger charge is 2.17. The van der Waals surface area contributed by atoms with E-state index in [-0.39, 0.29) is 0 Å².